The number of aryl methyl sites for hydroxylation is 1. The molecule has 1 aromatic rings. The third-order valence-electron chi connectivity index (χ3n) is 2.01. The van der Waals surface area contributed by atoms with Crippen LogP contribution in [0.3, 0.4) is 0 Å². The molecule has 3 heteroatoms. The van der Waals surface area contributed by atoms with Crippen molar-refractivity contribution in [1.82, 2.24) is 0 Å². The first-order valence-corrected chi connectivity index (χ1v) is 4.24. The van der Waals surface area contributed by atoms with Crippen molar-refractivity contribution in [3.05, 3.63) is 42.0 Å². The van der Waals surface area contributed by atoms with Crippen LogP contribution in [0.4, 0.5) is 8.78 Å². The predicted molar refractivity (Wildman–Crippen MR) is 51.7 cm³/mol. The van der Waals surface area contributed by atoms with Gasteiger partial charge >= 0.3 is 0 Å². The minimum Gasteiger partial charge on any atom is -0.508 e. The van der Waals surface area contributed by atoms with Gasteiger partial charge in [-0.25, -0.2) is 8.78 Å². The normalized spacial score (nSPS) is 11.4. The van der Waals surface area contributed by atoms with E-state index < -0.39 is 12.3 Å². The molecule has 0 saturated carbocycles. The molecule has 1 rings (SSSR count). The van der Waals surface area contributed by atoms with Gasteiger partial charge in [0, 0.05) is 6.42 Å². The first-order valence-electron chi connectivity index (χ1n) is 4.24. The van der Waals surface area contributed by atoms with Crippen LogP contribution in [-0.2, 0) is 6.42 Å². The first kappa shape index (κ1) is 10.7. The lowest BCUT2D eigenvalue weighted by Gasteiger charge is -2.11. The molecule has 1 N–H and O–H groups in total. The Kier molecular flexibility index (Phi) is 2.89. The van der Waals surface area contributed by atoms with Gasteiger partial charge in [-0.05, 0) is 30.2 Å². The van der Waals surface area contributed by atoms with Crippen molar-refractivity contribution >= 4 is 0 Å². The molecule has 0 atom stereocenters. The van der Waals surface area contributed by atoms with Crippen LogP contribution in [0.15, 0.2) is 30.9 Å². The van der Waals surface area contributed by atoms with E-state index in [-0.39, 0.29) is 5.75 Å². The Morgan fingerprint density at radius 1 is 1.50 bits per heavy atom. The summed E-state index contributed by atoms with van der Waals surface area (Å²) in [4.78, 5) is 0. The second-order valence-electron chi connectivity index (χ2n) is 3.26. The predicted octanol–water partition coefficient (Wildman–Crippen LogP) is 3.06. The number of phenols is 1. The lowest BCUT2D eigenvalue weighted by molar-refractivity contribution is 0.0562. The van der Waals surface area contributed by atoms with Gasteiger partial charge in [-0.3, -0.25) is 0 Å². The molecule has 0 fully saturated rings. The molecule has 0 spiro atoms. The lowest BCUT2D eigenvalue weighted by Crippen LogP contribution is -2.15. The molecule has 0 aliphatic heterocycles. The van der Waals surface area contributed by atoms with Gasteiger partial charge in [0.05, 0.1) is 0 Å². The summed E-state index contributed by atoms with van der Waals surface area (Å²) in [6, 6.07) is 4.54. The standard InChI is InChI=1S/C11H12F2O/c1-3-11(12,13)7-9-5-4-8(2)10(14)6-9/h3-6,14H,1,7H2,2H3. The fourth-order valence-corrected chi connectivity index (χ4v) is 1.11. The van der Waals surface area contributed by atoms with Crippen molar-refractivity contribution in [2.75, 3.05) is 0 Å². The molecule has 0 radical (unpaired) electrons. The number of benzene rings is 1. The van der Waals surface area contributed by atoms with Crippen LogP contribution in [0.2, 0.25) is 0 Å². The third kappa shape index (κ3) is 2.55. The zero-order valence-electron chi connectivity index (χ0n) is 7.93. The van der Waals surface area contributed by atoms with Crippen LogP contribution in [0.1, 0.15) is 11.1 Å². The van der Waals surface area contributed by atoms with Crippen LogP contribution in [0, 0.1) is 6.92 Å². The summed E-state index contributed by atoms with van der Waals surface area (Å²) in [6.45, 7) is 4.77. The molecule has 1 aromatic carbocycles. The van der Waals surface area contributed by atoms with Crippen LogP contribution in [0.5, 0.6) is 5.75 Å². The Morgan fingerprint density at radius 2 is 2.14 bits per heavy atom. The van der Waals surface area contributed by atoms with Crippen LogP contribution >= 0.6 is 0 Å². The second kappa shape index (κ2) is 3.78. The molecule has 0 unspecified atom stereocenters. The molecule has 0 amide bonds. The summed E-state index contributed by atoms with van der Waals surface area (Å²) in [6.07, 6.45) is 0.189. The van der Waals surface area contributed by atoms with Gasteiger partial charge in [0.2, 0.25) is 0 Å². The zero-order chi connectivity index (χ0) is 10.8. The zero-order valence-corrected chi connectivity index (χ0v) is 7.93. The molecule has 0 heterocycles. The Balaban J connectivity index is 2.88. The summed E-state index contributed by atoms with van der Waals surface area (Å²) in [5.41, 5.74) is 1.08. The smallest absolute Gasteiger partial charge is 0.270 e. The monoisotopic (exact) mass is 198 g/mol. The average Bonchev–Trinajstić information content (AvgIpc) is 2.11. The van der Waals surface area contributed by atoms with Crippen molar-refractivity contribution in [3.8, 4) is 5.75 Å². The molecular weight excluding hydrogens is 186 g/mol. The summed E-state index contributed by atoms with van der Waals surface area (Å²) in [7, 11) is 0. The number of hydrogen-bond donors (Lipinski definition) is 1. The maximum absolute atomic E-state index is 12.9. The highest BCUT2D eigenvalue weighted by Gasteiger charge is 2.24. The van der Waals surface area contributed by atoms with E-state index in [0.29, 0.717) is 17.2 Å². The van der Waals surface area contributed by atoms with E-state index in [4.69, 9.17) is 0 Å². The van der Waals surface area contributed by atoms with Gasteiger partial charge in [0.1, 0.15) is 5.75 Å². The Labute approximate surface area is 81.7 Å². The number of aromatic hydroxyl groups is 1. The molecular formula is C11H12F2O. The Morgan fingerprint density at radius 3 is 2.64 bits per heavy atom. The number of halogens is 2. The van der Waals surface area contributed by atoms with E-state index in [1.54, 1.807) is 19.1 Å². The molecule has 0 aliphatic rings. The van der Waals surface area contributed by atoms with Crippen LogP contribution in [-0.4, -0.2) is 11.0 Å². The fourth-order valence-electron chi connectivity index (χ4n) is 1.11. The molecule has 0 aliphatic carbocycles. The topological polar surface area (TPSA) is 20.2 Å². The van der Waals surface area contributed by atoms with Gasteiger partial charge in [-0.1, -0.05) is 18.7 Å². The fraction of sp³-hybridized carbons (Fsp3) is 0.273. The minimum absolute atomic E-state index is 0.0439. The second-order valence-corrected chi connectivity index (χ2v) is 3.26. The largest absolute Gasteiger partial charge is 0.508 e. The van der Waals surface area contributed by atoms with Gasteiger partial charge in [0.15, 0.2) is 0 Å². The minimum atomic E-state index is -2.91. The Hall–Kier alpha value is -1.38. The van der Waals surface area contributed by atoms with Gasteiger partial charge in [-0.15, -0.1) is 0 Å². The van der Waals surface area contributed by atoms with Gasteiger partial charge in [-0.2, -0.15) is 0 Å². The van der Waals surface area contributed by atoms with Crippen molar-refractivity contribution in [2.45, 2.75) is 19.3 Å². The van der Waals surface area contributed by atoms with Gasteiger partial charge < -0.3 is 5.11 Å². The molecule has 76 valence electrons. The van der Waals surface area contributed by atoms with E-state index >= 15 is 0 Å². The van der Waals surface area contributed by atoms with E-state index in [2.05, 4.69) is 6.58 Å². The van der Waals surface area contributed by atoms with E-state index in [0.717, 1.165) is 0 Å². The maximum Gasteiger partial charge on any atom is 0.270 e. The number of allylic oxidation sites excluding steroid dienone is 1. The summed E-state index contributed by atoms with van der Waals surface area (Å²) >= 11 is 0. The number of alkyl halides is 2. The van der Waals surface area contributed by atoms with Crippen molar-refractivity contribution in [1.29, 1.82) is 0 Å². The van der Waals surface area contributed by atoms with E-state index in [9.17, 15) is 13.9 Å². The maximum atomic E-state index is 12.9. The van der Waals surface area contributed by atoms with E-state index in [1.807, 2.05) is 0 Å². The molecule has 0 saturated heterocycles. The summed E-state index contributed by atoms with van der Waals surface area (Å²) in [5.74, 6) is -2.87. The number of rotatable bonds is 3. The van der Waals surface area contributed by atoms with Crippen molar-refractivity contribution in [3.63, 3.8) is 0 Å². The third-order valence-corrected chi connectivity index (χ3v) is 2.01. The summed E-state index contributed by atoms with van der Waals surface area (Å²) < 4.78 is 25.7. The van der Waals surface area contributed by atoms with Crippen molar-refractivity contribution in [2.24, 2.45) is 0 Å². The van der Waals surface area contributed by atoms with Crippen molar-refractivity contribution < 1.29 is 13.9 Å². The Bertz CT molecular complexity index is 345. The molecule has 0 bridgehead atoms. The average molecular weight is 198 g/mol. The highest BCUT2D eigenvalue weighted by atomic mass is 19.3. The van der Waals surface area contributed by atoms with Crippen LogP contribution in [0.25, 0.3) is 0 Å². The van der Waals surface area contributed by atoms with E-state index in [1.165, 1.54) is 6.07 Å². The van der Waals surface area contributed by atoms with Gasteiger partial charge in [0.25, 0.3) is 5.92 Å². The SMILES string of the molecule is C=CC(F)(F)Cc1ccc(C)c(O)c1. The molecule has 1 nitrogen and oxygen atoms in total. The number of hydrogen-bond acceptors (Lipinski definition) is 1. The number of phenolic OH excluding ortho intramolecular Hbond substituents is 1. The molecule has 14 heavy (non-hydrogen) atoms. The van der Waals surface area contributed by atoms with Crippen LogP contribution < -0.4 is 0 Å². The highest BCUT2D eigenvalue weighted by Crippen LogP contribution is 2.24. The first-order chi connectivity index (χ1) is 6.44. The lowest BCUT2D eigenvalue weighted by atomic mass is 10.0. The summed E-state index contributed by atoms with van der Waals surface area (Å²) in [5, 5.41) is 9.30. The highest BCUT2D eigenvalue weighted by molar-refractivity contribution is 5.35. The molecule has 0 aromatic heterocycles. The quantitative estimate of drug-likeness (QED) is 0.740.